The van der Waals surface area contributed by atoms with E-state index in [9.17, 15) is 0 Å². The van der Waals surface area contributed by atoms with Gasteiger partial charge in [0.1, 0.15) is 0 Å². The molecule has 0 unspecified atom stereocenters. The van der Waals surface area contributed by atoms with Gasteiger partial charge in [-0.2, -0.15) is 4.98 Å². The first-order chi connectivity index (χ1) is 8.35. The Labute approximate surface area is 107 Å². The molecular weight excluding hydrogens is 226 g/mol. The van der Waals surface area contributed by atoms with Gasteiger partial charge in [0.25, 0.3) is 5.89 Å². The molecule has 0 aliphatic rings. The van der Waals surface area contributed by atoms with Crippen molar-refractivity contribution in [3.63, 3.8) is 0 Å². The van der Waals surface area contributed by atoms with Crippen molar-refractivity contribution >= 4 is 5.69 Å². The summed E-state index contributed by atoms with van der Waals surface area (Å²) in [6.07, 6.45) is 0.790. The van der Waals surface area contributed by atoms with Gasteiger partial charge in [-0.05, 0) is 30.0 Å². The third kappa shape index (κ3) is 2.88. The number of aryl methyl sites for hydroxylation is 1. The van der Waals surface area contributed by atoms with Gasteiger partial charge in [-0.3, -0.25) is 0 Å². The van der Waals surface area contributed by atoms with E-state index < -0.39 is 0 Å². The summed E-state index contributed by atoms with van der Waals surface area (Å²) in [6.45, 7) is 8.41. The minimum atomic E-state index is 0.146. The molecule has 1 heterocycles. The van der Waals surface area contributed by atoms with Gasteiger partial charge in [-0.1, -0.05) is 32.0 Å². The van der Waals surface area contributed by atoms with E-state index in [1.807, 2.05) is 25.1 Å². The Morgan fingerprint density at radius 2 is 2.00 bits per heavy atom. The van der Waals surface area contributed by atoms with E-state index in [1.54, 1.807) is 0 Å². The molecule has 0 amide bonds. The van der Waals surface area contributed by atoms with Crippen molar-refractivity contribution in [2.45, 2.75) is 34.1 Å². The van der Waals surface area contributed by atoms with Crippen LogP contribution in [0.1, 0.15) is 32.2 Å². The number of nitrogens with zero attached hydrogens (tertiary/aromatic N) is 2. The Hall–Kier alpha value is -1.84. The van der Waals surface area contributed by atoms with E-state index in [0.717, 1.165) is 29.1 Å². The zero-order valence-electron chi connectivity index (χ0n) is 11.3. The molecule has 0 saturated heterocycles. The van der Waals surface area contributed by atoms with Crippen LogP contribution in [0.3, 0.4) is 0 Å². The van der Waals surface area contributed by atoms with Crippen LogP contribution in [-0.4, -0.2) is 10.1 Å². The second kappa shape index (κ2) is 4.44. The fraction of sp³-hybridized carbons (Fsp3) is 0.429. The summed E-state index contributed by atoms with van der Waals surface area (Å²) in [7, 11) is 0. The van der Waals surface area contributed by atoms with Gasteiger partial charge in [0.15, 0.2) is 5.82 Å². The van der Waals surface area contributed by atoms with Crippen LogP contribution in [0.2, 0.25) is 0 Å². The van der Waals surface area contributed by atoms with Crippen molar-refractivity contribution in [2.75, 3.05) is 5.73 Å². The number of nitrogens with two attached hydrogens (primary N) is 1. The first kappa shape index (κ1) is 12.6. The van der Waals surface area contributed by atoms with Gasteiger partial charge in [0.05, 0.1) is 0 Å². The summed E-state index contributed by atoms with van der Waals surface area (Å²) in [6, 6.07) is 5.77. The average molecular weight is 245 g/mol. The van der Waals surface area contributed by atoms with Crippen LogP contribution in [0.4, 0.5) is 5.69 Å². The van der Waals surface area contributed by atoms with Crippen molar-refractivity contribution < 1.29 is 4.52 Å². The molecule has 2 N–H and O–H groups in total. The molecule has 0 bridgehead atoms. The van der Waals surface area contributed by atoms with Gasteiger partial charge in [-0.15, -0.1) is 0 Å². The van der Waals surface area contributed by atoms with E-state index in [-0.39, 0.29) is 5.41 Å². The lowest BCUT2D eigenvalue weighted by Gasteiger charge is -2.14. The normalized spacial score (nSPS) is 11.8. The maximum absolute atomic E-state index is 5.88. The predicted molar refractivity (Wildman–Crippen MR) is 72.0 cm³/mol. The maximum atomic E-state index is 5.88. The Bertz CT molecular complexity index is 552. The van der Waals surface area contributed by atoms with Gasteiger partial charge in [0.2, 0.25) is 0 Å². The molecule has 2 rings (SSSR count). The number of anilines is 1. The third-order valence-corrected chi connectivity index (χ3v) is 2.68. The van der Waals surface area contributed by atoms with Crippen molar-refractivity contribution in [3.05, 3.63) is 29.6 Å². The fourth-order valence-electron chi connectivity index (χ4n) is 1.69. The SMILES string of the molecule is Cc1ccc(-c2nc(CC(C)(C)C)no2)cc1N. The quantitative estimate of drug-likeness (QED) is 0.825. The smallest absolute Gasteiger partial charge is 0.257 e. The number of nitrogen functional groups attached to an aromatic ring is 1. The topological polar surface area (TPSA) is 64.9 Å². The largest absolute Gasteiger partial charge is 0.398 e. The number of hydrogen-bond acceptors (Lipinski definition) is 4. The van der Waals surface area contributed by atoms with Gasteiger partial charge >= 0.3 is 0 Å². The average Bonchev–Trinajstić information content (AvgIpc) is 2.68. The highest BCUT2D eigenvalue weighted by Gasteiger charge is 2.17. The molecule has 2 aromatic rings. The Kier molecular flexibility index (Phi) is 3.11. The molecule has 0 fully saturated rings. The van der Waals surface area contributed by atoms with Crippen molar-refractivity contribution in [3.8, 4) is 11.5 Å². The fourth-order valence-corrected chi connectivity index (χ4v) is 1.69. The summed E-state index contributed by atoms with van der Waals surface area (Å²) in [5, 5.41) is 4.00. The first-order valence-corrected chi connectivity index (χ1v) is 6.04. The molecule has 0 atom stereocenters. The summed E-state index contributed by atoms with van der Waals surface area (Å²) in [4.78, 5) is 4.40. The van der Waals surface area contributed by atoms with Crippen molar-refractivity contribution in [2.24, 2.45) is 5.41 Å². The van der Waals surface area contributed by atoms with Crippen LogP contribution < -0.4 is 5.73 Å². The monoisotopic (exact) mass is 245 g/mol. The molecule has 4 nitrogen and oxygen atoms in total. The van der Waals surface area contributed by atoms with E-state index >= 15 is 0 Å². The number of hydrogen-bond donors (Lipinski definition) is 1. The number of aromatic nitrogens is 2. The van der Waals surface area contributed by atoms with Crippen LogP contribution in [0.25, 0.3) is 11.5 Å². The molecule has 1 aromatic heterocycles. The molecule has 0 aliphatic heterocycles. The molecule has 0 radical (unpaired) electrons. The van der Waals surface area contributed by atoms with Crippen LogP contribution >= 0.6 is 0 Å². The van der Waals surface area contributed by atoms with Crippen LogP contribution in [-0.2, 0) is 6.42 Å². The third-order valence-electron chi connectivity index (χ3n) is 2.68. The summed E-state index contributed by atoms with van der Waals surface area (Å²) in [5.74, 6) is 1.26. The highest BCUT2D eigenvalue weighted by Crippen LogP contribution is 2.24. The summed E-state index contributed by atoms with van der Waals surface area (Å²) in [5.41, 5.74) is 8.68. The minimum absolute atomic E-state index is 0.146. The lowest BCUT2D eigenvalue weighted by molar-refractivity contribution is 0.374. The van der Waals surface area contributed by atoms with Crippen LogP contribution in [0, 0.1) is 12.3 Å². The predicted octanol–water partition coefficient (Wildman–Crippen LogP) is 3.22. The molecular formula is C14H19N3O. The molecule has 96 valence electrons. The summed E-state index contributed by atoms with van der Waals surface area (Å²) >= 11 is 0. The Morgan fingerprint density at radius 1 is 1.28 bits per heavy atom. The molecule has 0 aliphatic carbocycles. The van der Waals surface area contributed by atoms with Crippen LogP contribution in [0.5, 0.6) is 0 Å². The highest BCUT2D eigenvalue weighted by atomic mass is 16.5. The zero-order valence-corrected chi connectivity index (χ0v) is 11.3. The standard InChI is InChI=1S/C14H19N3O/c1-9-5-6-10(7-11(9)15)13-16-12(17-18-13)8-14(2,3)4/h5-7H,8,15H2,1-4H3. The Balaban J connectivity index is 2.26. The number of benzene rings is 1. The summed E-state index contributed by atoms with van der Waals surface area (Å²) < 4.78 is 5.27. The molecule has 1 aromatic carbocycles. The van der Waals surface area contributed by atoms with Gasteiger partial charge in [-0.25, -0.2) is 0 Å². The van der Waals surface area contributed by atoms with Crippen molar-refractivity contribution in [1.29, 1.82) is 0 Å². The lowest BCUT2D eigenvalue weighted by atomic mass is 9.92. The van der Waals surface area contributed by atoms with Gasteiger partial charge in [0, 0.05) is 17.7 Å². The highest BCUT2D eigenvalue weighted by molar-refractivity contribution is 5.62. The van der Waals surface area contributed by atoms with Crippen LogP contribution in [0.15, 0.2) is 22.7 Å². The molecule has 4 heteroatoms. The molecule has 0 spiro atoms. The van der Waals surface area contributed by atoms with E-state index in [2.05, 4.69) is 30.9 Å². The minimum Gasteiger partial charge on any atom is -0.398 e. The molecule has 0 saturated carbocycles. The van der Waals surface area contributed by atoms with E-state index in [1.165, 1.54) is 0 Å². The van der Waals surface area contributed by atoms with E-state index in [0.29, 0.717) is 5.89 Å². The second-order valence-electron chi connectivity index (χ2n) is 5.82. The Morgan fingerprint density at radius 3 is 2.61 bits per heavy atom. The second-order valence-corrected chi connectivity index (χ2v) is 5.82. The van der Waals surface area contributed by atoms with E-state index in [4.69, 9.17) is 10.3 Å². The number of rotatable bonds is 2. The molecule has 18 heavy (non-hydrogen) atoms. The van der Waals surface area contributed by atoms with Crippen molar-refractivity contribution in [1.82, 2.24) is 10.1 Å². The maximum Gasteiger partial charge on any atom is 0.257 e. The van der Waals surface area contributed by atoms with Gasteiger partial charge < -0.3 is 10.3 Å². The first-order valence-electron chi connectivity index (χ1n) is 6.04. The zero-order chi connectivity index (χ0) is 13.3. The lowest BCUT2D eigenvalue weighted by Crippen LogP contribution is -2.10.